The van der Waals surface area contributed by atoms with E-state index in [-0.39, 0.29) is 23.3 Å². The molecule has 1 unspecified atom stereocenters. The average molecular weight is 224 g/mol. The van der Waals surface area contributed by atoms with Crippen LogP contribution in [0.1, 0.15) is 13.8 Å². The summed E-state index contributed by atoms with van der Waals surface area (Å²) in [4.78, 5) is 10.9. The lowest BCUT2D eigenvalue weighted by molar-refractivity contribution is -0.121. The van der Waals surface area contributed by atoms with E-state index < -0.39 is 0 Å². The van der Waals surface area contributed by atoms with Gasteiger partial charge in [0.15, 0.2) is 0 Å². The zero-order valence-electron chi connectivity index (χ0n) is 6.80. The molecule has 0 aliphatic rings. The van der Waals surface area contributed by atoms with Crippen LogP contribution in [0.5, 0.6) is 0 Å². The normalized spacial score (nSPS) is 13.2. The highest BCUT2D eigenvalue weighted by atomic mass is 79.9. The van der Waals surface area contributed by atoms with Crippen LogP contribution in [-0.4, -0.2) is 29.0 Å². The number of aliphatic hydroxyl groups is 1. The summed E-state index contributed by atoms with van der Waals surface area (Å²) in [5.74, 6) is 0.211. The van der Waals surface area contributed by atoms with Crippen molar-refractivity contribution < 1.29 is 9.90 Å². The third kappa shape index (κ3) is 4.37. The van der Waals surface area contributed by atoms with Crippen molar-refractivity contribution in [3.63, 3.8) is 0 Å². The first-order valence-electron chi connectivity index (χ1n) is 3.62. The van der Waals surface area contributed by atoms with E-state index >= 15 is 0 Å². The Labute approximate surface area is 75.3 Å². The molecule has 0 saturated heterocycles. The topological polar surface area (TPSA) is 49.3 Å². The number of alkyl halides is 1. The summed E-state index contributed by atoms with van der Waals surface area (Å²) in [5.41, 5.74) is 0. The minimum absolute atomic E-state index is 0.0104. The fraction of sp³-hybridized carbons (Fsp3) is 0.857. The highest BCUT2D eigenvalue weighted by Crippen LogP contribution is 2.11. The molecule has 0 saturated carbocycles. The first-order valence-corrected chi connectivity index (χ1v) is 4.53. The van der Waals surface area contributed by atoms with Crippen LogP contribution < -0.4 is 5.32 Å². The van der Waals surface area contributed by atoms with E-state index in [2.05, 4.69) is 21.2 Å². The predicted molar refractivity (Wildman–Crippen MR) is 47.6 cm³/mol. The molecule has 0 aromatic heterocycles. The van der Waals surface area contributed by atoms with Gasteiger partial charge in [0.05, 0.1) is 11.4 Å². The number of halogens is 1. The molecule has 1 amide bonds. The van der Waals surface area contributed by atoms with Gasteiger partial charge >= 0.3 is 0 Å². The largest absolute Gasteiger partial charge is 0.395 e. The van der Waals surface area contributed by atoms with Gasteiger partial charge in [0.2, 0.25) is 5.91 Å². The Balaban J connectivity index is 3.64. The van der Waals surface area contributed by atoms with Crippen molar-refractivity contribution in [1.29, 1.82) is 0 Å². The molecule has 0 fully saturated rings. The van der Waals surface area contributed by atoms with Crippen molar-refractivity contribution in [3.05, 3.63) is 0 Å². The maximum Gasteiger partial charge on any atom is 0.234 e. The molecule has 0 spiro atoms. The molecule has 0 rings (SSSR count). The van der Waals surface area contributed by atoms with E-state index in [0.717, 1.165) is 0 Å². The smallest absolute Gasteiger partial charge is 0.234 e. The Morgan fingerprint density at radius 3 is 2.55 bits per heavy atom. The van der Waals surface area contributed by atoms with E-state index in [1.807, 2.05) is 13.8 Å². The van der Waals surface area contributed by atoms with E-state index in [9.17, 15) is 4.79 Å². The second-order valence-electron chi connectivity index (χ2n) is 2.66. The van der Waals surface area contributed by atoms with Gasteiger partial charge in [-0.1, -0.05) is 29.8 Å². The number of amides is 1. The molecule has 0 bridgehead atoms. The number of hydrogen-bond acceptors (Lipinski definition) is 2. The number of nitrogens with one attached hydrogen (secondary N) is 1. The number of hydrogen-bond donors (Lipinski definition) is 2. The van der Waals surface area contributed by atoms with E-state index in [4.69, 9.17) is 5.11 Å². The van der Waals surface area contributed by atoms with Gasteiger partial charge in [-0.2, -0.15) is 0 Å². The fourth-order valence-electron chi connectivity index (χ4n) is 0.579. The van der Waals surface area contributed by atoms with Gasteiger partial charge in [-0.25, -0.2) is 0 Å². The molecule has 1 atom stereocenters. The highest BCUT2D eigenvalue weighted by Gasteiger charge is 2.17. The van der Waals surface area contributed by atoms with Crippen LogP contribution in [0.3, 0.4) is 0 Å². The summed E-state index contributed by atoms with van der Waals surface area (Å²) in [6, 6.07) is 0. The maximum atomic E-state index is 11.1. The average Bonchev–Trinajstić information content (AvgIpc) is 1.98. The highest BCUT2D eigenvalue weighted by molar-refractivity contribution is 9.10. The lowest BCUT2D eigenvalue weighted by Gasteiger charge is -2.12. The van der Waals surface area contributed by atoms with Gasteiger partial charge < -0.3 is 10.4 Å². The molecule has 0 radical (unpaired) electrons. The standard InChI is InChI=1S/C7H14BrNO2/c1-5(2)6(8)7(11)9-3-4-10/h5-6,10H,3-4H2,1-2H3,(H,9,11). The Hall–Kier alpha value is -0.0900. The molecule has 0 aliphatic heterocycles. The molecule has 0 aromatic rings. The van der Waals surface area contributed by atoms with Crippen LogP contribution in [0.15, 0.2) is 0 Å². The maximum absolute atomic E-state index is 11.1. The van der Waals surface area contributed by atoms with E-state index in [1.165, 1.54) is 0 Å². The fourth-order valence-corrected chi connectivity index (χ4v) is 0.741. The molecular formula is C7H14BrNO2. The van der Waals surface area contributed by atoms with Crippen LogP contribution >= 0.6 is 15.9 Å². The molecule has 0 heterocycles. The van der Waals surface area contributed by atoms with Crippen LogP contribution in [0, 0.1) is 5.92 Å². The lowest BCUT2D eigenvalue weighted by Crippen LogP contribution is -2.35. The van der Waals surface area contributed by atoms with Crippen LogP contribution in [0.4, 0.5) is 0 Å². The van der Waals surface area contributed by atoms with Gasteiger partial charge in [-0.15, -0.1) is 0 Å². The van der Waals surface area contributed by atoms with E-state index in [1.54, 1.807) is 0 Å². The van der Waals surface area contributed by atoms with Crippen molar-refractivity contribution in [2.24, 2.45) is 5.92 Å². The quantitative estimate of drug-likeness (QED) is 0.683. The molecular weight excluding hydrogens is 210 g/mol. The monoisotopic (exact) mass is 223 g/mol. The molecule has 66 valence electrons. The minimum Gasteiger partial charge on any atom is -0.395 e. The van der Waals surface area contributed by atoms with Gasteiger partial charge in [-0.05, 0) is 5.92 Å². The first kappa shape index (κ1) is 10.9. The van der Waals surface area contributed by atoms with Crippen molar-refractivity contribution >= 4 is 21.8 Å². The van der Waals surface area contributed by atoms with Crippen LogP contribution in [-0.2, 0) is 4.79 Å². The summed E-state index contributed by atoms with van der Waals surface area (Å²) >= 11 is 3.24. The first-order chi connectivity index (χ1) is 5.09. The van der Waals surface area contributed by atoms with Gasteiger partial charge in [0.25, 0.3) is 0 Å². The summed E-state index contributed by atoms with van der Waals surface area (Å²) < 4.78 is 0. The third-order valence-electron chi connectivity index (χ3n) is 1.25. The molecule has 11 heavy (non-hydrogen) atoms. The Morgan fingerprint density at radius 1 is 1.64 bits per heavy atom. The minimum atomic E-state index is -0.158. The number of rotatable bonds is 4. The van der Waals surface area contributed by atoms with Gasteiger partial charge in [0, 0.05) is 6.54 Å². The van der Waals surface area contributed by atoms with Crippen molar-refractivity contribution in [2.45, 2.75) is 18.7 Å². The summed E-state index contributed by atoms with van der Waals surface area (Å²) in [6.45, 7) is 4.23. The Bertz CT molecular complexity index is 128. The van der Waals surface area contributed by atoms with Crippen LogP contribution in [0.25, 0.3) is 0 Å². The number of aliphatic hydroxyl groups excluding tert-OH is 1. The molecule has 2 N–H and O–H groups in total. The number of carbonyl (C=O) groups is 1. The lowest BCUT2D eigenvalue weighted by atomic mass is 10.1. The molecule has 3 nitrogen and oxygen atoms in total. The Kier molecular flexibility index (Phi) is 5.50. The van der Waals surface area contributed by atoms with Gasteiger partial charge in [0.1, 0.15) is 0 Å². The van der Waals surface area contributed by atoms with Crippen molar-refractivity contribution in [2.75, 3.05) is 13.2 Å². The third-order valence-corrected chi connectivity index (χ3v) is 2.72. The predicted octanol–water partition coefficient (Wildman–Crippen LogP) is 0.514. The summed E-state index contributed by atoms with van der Waals surface area (Å²) in [5, 5.41) is 11.0. The van der Waals surface area contributed by atoms with Crippen molar-refractivity contribution in [1.82, 2.24) is 5.32 Å². The SMILES string of the molecule is CC(C)C(Br)C(=O)NCCO. The Morgan fingerprint density at radius 2 is 2.18 bits per heavy atom. The zero-order valence-corrected chi connectivity index (χ0v) is 8.39. The second-order valence-corrected chi connectivity index (χ2v) is 3.65. The molecule has 0 aliphatic carbocycles. The summed E-state index contributed by atoms with van der Waals surface area (Å²) in [6.07, 6.45) is 0. The summed E-state index contributed by atoms with van der Waals surface area (Å²) in [7, 11) is 0. The number of carbonyl (C=O) groups excluding carboxylic acids is 1. The van der Waals surface area contributed by atoms with Crippen molar-refractivity contribution in [3.8, 4) is 0 Å². The van der Waals surface area contributed by atoms with Gasteiger partial charge in [-0.3, -0.25) is 4.79 Å². The molecule has 4 heteroatoms. The second kappa shape index (κ2) is 5.55. The van der Waals surface area contributed by atoms with Crippen LogP contribution in [0.2, 0.25) is 0 Å². The van der Waals surface area contributed by atoms with E-state index in [0.29, 0.717) is 6.54 Å². The molecule has 0 aromatic carbocycles. The zero-order chi connectivity index (χ0) is 8.85.